The van der Waals surface area contributed by atoms with Crippen molar-refractivity contribution in [1.29, 1.82) is 0 Å². The van der Waals surface area contributed by atoms with Gasteiger partial charge in [0.05, 0.1) is 12.7 Å². The van der Waals surface area contributed by atoms with Gasteiger partial charge in [-0.15, -0.1) is 0 Å². The molecule has 2 aromatic rings. The second-order valence-electron chi connectivity index (χ2n) is 4.45. The van der Waals surface area contributed by atoms with Crippen molar-refractivity contribution in [3.8, 4) is 0 Å². The van der Waals surface area contributed by atoms with E-state index in [2.05, 4.69) is 59.3 Å². The molecule has 2 aromatic carbocycles. The van der Waals surface area contributed by atoms with E-state index in [4.69, 9.17) is 4.74 Å². The molecule has 0 fully saturated rings. The Labute approximate surface area is 123 Å². The fourth-order valence-corrected chi connectivity index (χ4v) is 2.31. The van der Waals surface area contributed by atoms with Crippen LogP contribution in [0.4, 0.5) is 0 Å². The summed E-state index contributed by atoms with van der Waals surface area (Å²) >= 11 is 3.45. The second-order valence-corrected chi connectivity index (χ2v) is 5.01. The highest BCUT2D eigenvalue weighted by molar-refractivity contribution is 9.08. The van der Waals surface area contributed by atoms with Crippen LogP contribution < -0.4 is 0 Å². The Hall–Kier alpha value is -1.12. The standard InChI is InChI=1S/C17H18BrO/c1-2-17(16-6-4-3-5-7-16)19-13-15-10-8-14(12-18)9-11-15/h3-11,17H,1-2,12-13H2. The molecule has 1 radical (unpaired) electrons. The van der Waals surface area contributed by atoms with E-state index in [9.17, 15) is 0 Å². The molecule has 2 rings (SSSR count). The van der Waals surface area contributed by atoms with E-state index < -0.39 is 0 Å². The van der Waals surface area contributed by atoms with Gasteiger partial charge in [0.25, 0.3) is 0 Å². The van der Waals surface area contributed by atoms with Crippen LogP contribution in [-0.2, 0) is 16.7 Å². The first-order valence-corrected chi connectivity index (χ1v) is 7.55. The number of benzene rings is 2. The van der Waals surface area contributed by atoms with Crippen LogP contribution in [0.5, 0.6) is 0 Å². The predicted octanol–water partition coefficient (Wildman–Crippen LogP) is 5.06. The van der Waals surface area contributed by atoms with Crippen LogP contribution in [-0.4, -0.2) is 0 Å². The number of rotatable bonds is 6. The lowest BCUT2D eigenvalue weighted by molar-refractivity contribution is 0.0412. The Morgan fingerprint density at radius 3 is 2.16 bits per heavy atom. The summed E-state index contributed by atoms with van der Waals surface area (Å²) < 4.78 is 5.96. The minimum Gasteiger partial charge on any atom is -0.369 e. The van der Waals surface area contributed by atoms with E-state index in [1.165, 1.54) is 16.7 Å². The minimum absolute atomic E-state index is 0.0667. The van der Waals surface area contributed by atoms with Crippen molar-refractivity contribution < 1.29 is 4.74 Å². The van der Waals surface area contributed by atoms with Gasteiger partial charge < -0.3 is 4.74 Å². The molecule has 0 aliphatic rings. The molecule has 0 aromatic heterocycles. The first-order valence-electron chi connectivity index (χ1n) is 6.43. The first-order chi connectivity index (χ1) is 9.33. The lowest BCUT2D eigenvalue weighted by Gasteiger charge is -2.16. The molecule has 0 heterocycles. The van der Waals surface area contributed by atoms with Crippen LogP contribution in [0.3, 0.4) is 0 Å². The Morgan fingerprint density at radius 1 is 0.947 bits per heavy atom. The van der Waals surface area contributed by atoms with Gasteiger partial charge in [0, 0.05) is 5.33 Å². The molecule has 0 aliphatic heterocycles. The molecule has 19 heavy (non-hydrogen) atoms. The zero-order valence-corrected chi connectivity index (χ0v) is 12.5. The zero-order chi connectivity index (χ0) is 13.5. The van der Waals surface area contributed by atoms with Crippen LogP contribution in [0.25, 0.3) is 0 Å². The quantitative estimate of drug-likeness (QED) is 0.676. The summed E-state index contributed by atoms with van der Waals surface area (Å²) in [5.41, 5.74) is 3.66. The van der Waals surface area contributed by atoms with E-state index in [0.717, 1.165) is 11.8 Å². The Balaban J connectivity index is 1.96. The molecule has 0 aliphatic carbocycles. The lowest BCUT2D eigenvalue weighted by Crippen LogP contribution is -2.03. The van der Waals surface area contributed by atoms with Crippen LogP contribution in [0.15, 0.2) is 54.6 Å². The molecule has 1 nitrogen and oxygen atoms in total. The predicted molar refractivity (Wildman–Crippen MR) is 83.0 cm³/mol. The maximum absolute atomic E-state index is 5.96. The fraction of sp³-hybridized carbons (Fsp3) is 0.235. The van der Waals surface area contributed by atoms with Crippen molar-refractivity contribution in [2.75, 3.05) is 0 Å². The summed E-state index contributed by atoms with van der Waals surface area (Å²) in [5.74, 6) is 0. The third-order valence-electron chi connectivity index (χ3n) is 3.06. The van der Waals surface area contributed by atoms with Gasteiger partial charge in [0.15, 0.2) is 0 Å². The minimum atomic E-state index is 0.0667. The molecule has 0 saturated carbocycles. The molecule has 1 atom stereocenters. The summed E-state index contributed by atoms with van der Waals surface area (Å²) in [6.07, 6.45) is 0.806. The number of halogens is 1. The van der Waals surface area contributed by atoms with Crippen molar-refractivity contribution in [3.63, 3.8) is 0 Å². The SMILES string of the molecule is [CH2]CC(OCc1ccc(CBr)cc1)c1ccccc1. The maximum Gasteiger partial charge on any atom is 0.0829 e. The summed E-state index contributed by atoms with van der Waals surface area (Å²) in [7, 11) is 0. The van der Waals surface area contributed by atoms with E-state index >= 15 is 0 Å². The topological polar surface area (TPSA) is 9.23 Å². The molecule has 2 heteroatoms. The summed E-state index contributed by atoms with van der Waals surface area (Å²) in [5, 5.41) is 0.889. The van der Waals surface area contributed by atoms with Crippen LogP contribution in [0, 0.1) is 6.92 Å². The summed E-state index contributed by atoms with van der Waals surface area (Å²) in [4.78, 5) is 0. The van der Waals surface area contributed by atoms with Gasteiger partial charge in [-0.2, -0.15) is 0 Å². The molecule has 1 unspecified atom stereocenters. The number of alkyl halides is 1. The second kappa shape index (κ2) is 7.46. The van der Waals surface area contributed by atoms with E-state index in [-0.39, 0.29) is 6.10 Å². The van der Waals surface area contributed by atoms with Gasteiger partial charge in [-0.1, -0.05) is 77.5 Å². The number of hydrogen-bond donors (Lipinski definition) is 0. The molecule has 0 N–H and O–H groups in total. The normalized spacial score (nSPS) is 12.3. The zero-order valence-electron chi connectivity index (χ0n) is 10.9. The third kappa shape index (κ3) is 4.19. The molecule has 0 saturated heterocycles. The highest BCUT2D eigenvalue weighted by atomic mass is 79.9. The van der Waals surface area contributed by atoms with E-state index in [1.54, 1.807) is 0 Å². The monoisotopic (exact) mass is 317 g/mol. The van der Waals surface area contributed by atoms with E-state index in [1.807, 2.05) is 18.2 Å². The van der Waals surface area contributed by atoms with Gasteiger partial charge in [-0.05, 0) is 23.1 Å². The molecule has 0 spiro atoms. The third-order valence-corrected chi connectivity index (χ3v) is 3.71. The maximum atomic E-state index is 5.96. The van der Waals surface area contributed by atoms with Crippen LogP contribution in [0.1, 0.15) is 29.2 Å². The van der Waals surface area contributed by atoms with Gasteiger partial charge in [0.2, 0.25) is 0 Å². The summed E-state index contributed by atoms with van der Waals surface area (Å²) in [6.45, 7) is 4.59. The largest absolute Gasteiger partial charge is 0.369 e. The van der Waals surface area contributed by atoms with Crippen LogP contribution >= 0.6 is 15.9 Å². The Morgan fingerprint density at radius 2 is 1.58 bits per heavy atom. The summed E-state index contributed by atoms with van der Waals surface area (Å²) in [6, 6.07) is 18.7. The number of hydrogen-bond acceptors (Lipinski definition) is 1. The van der Waals surface area contributed by atoms with Crippen molar-refractivity contribution in [3.05, 3.63) is 78.2 Å². The Bertz CT molecular complexity index is 478. The molecular weight excluding hydrogens is 300 g/mol. The lowest BCUT2D eigenvalue weighted by atomic mass is 10.1. The van der Waals surface area contributed by atoms with Gasteiger partial charge in [0.1, 0.15) is 0 Å². The van der Waals surface area contributed by atoms with Crippen molar-refractivity contribution in [1.82, 2.24) is 0 Å². The van der Waals surface area contributed by atoms with E-state index in [0.29, 0.717) is 6.61 Å². The van der Waals surface area contributed by atoms with Crippen molar-refractivity contribution in [2.24, 2.45) is 0 Å². The smallest absolute Gasteiger partial charge is 0.0829 e. The van der Waals surface area contributed by atoms with Crippen LogP contribution in [0.2, 0.25) is 0 Å². The molecule has 0 amide bonds. The molecule has 0 bridgehead atoms. The number of ether oxygens (including phenoxy) is 1. The highest BCUT2D eigenvalue weighted by Gasteiger charge is 2.09. The average Bonchev–Trinajstić information content (AvgIpc) is 2.49. The van der Waals surface area contributed by atoms with Crippen molar-refractivity contribution >= 4 is 15.9 Å². The average molecular weight is 318 g/mol. The van der Waals surface area contributed by atoms with Crippen molar-refractivity contribution in [2.45, 2.75) is 24.5 Å². The van der Waals surface area contributed by atoms with Gasteiger partial charge in [-0.25, -0.2) is 0 Å². The molecule has 99 valence electrons. The first kappa shape index (κ1) is 14.3. The fourth-order valence-electron chi connectivity index (χ4n) is 1.94. The Kier molecular flexibility index (Phi) is 5.62. The molecular formula is C17H18BrO. The van der Waals surface area contributed by atoms with Gasteiger partial charge >= 0.3 is 0 Å². The van der Waals surface area contributed by atoms with Gasteiger partial charge in [-0.3, -0.25) is 0 Å². The highest BCUT2D eigenvalue weighted by Crippen LogP contribution is 2.22.